The van der Waals surface area contributed by atoms with Gasteiger partial charge in [0, 0.05) is 19.1 Å². The maximum absolute atomic E-state index is 12.5. The van der Waals surface area contributed by atoms with Gasteiger partial charge in [-0.25, -0.2) is 0 Å². The number of hydrogen-bond donors (Lipinski definition) is 1. The van der Waals surface area contributed by atoms with Crippen LogP contribution in [0.5, 0.6) is 0 Å². The summed E-state index contributed by atoms with van der Waals surface area (Å²) < 4.78 is 0. The van der Waals surface area contributed by atoms with E-state index in [1.165, 1.54) is 30.4 Å². The predicted octanol–water partition coefficient (Wildman–Crippen LogP) is 3.61. The fraction of sp³-hybridized carbons (Fsp3) is 0.550. The van der Waals surface area contributed by atoms with Gasteiger partial charge in [-0.05, 0) is 37.3 Å². The molecule has 3 heteroatoms. The smallest absolute Gasteiger partial charge is 0.237 e. The summed E-state index contributed by atoms with van der Waals surface area (Å²) in [5.41, 5.74) is 2.72. The van der Waals surface area contributed by atoms with Gasteiger partial charge in [0.2, 0.25) is 5.91 Å². The van der Waals surface area contributed by atoms with Crippen LogP contribution in [-0.2, 0) is 4.79 Å². The van der Waals surface area contributed by atoms with Crippen LogP contribution in [0.1, 0.15) is 51.0 Å². The molecule has 0 radical (unpaired) electrons. The second-order valence-electron chi connectivity index (χ2n) is 6.86. The van der Waals surface area contributed by atoms with Gasteiger partial charge in [0.1, 0.15) is 0 Å². The van der Waals surface area contributed by atoms with E-state index in [1.807, 2.05) is 6.92 Å². The van der Waals surface area contributed by atoms with Gasteiger partial charge >= 0.3 is 0 Å². The first kappa shape index (κ1) is 16.3. The number of nitrogens with zero attached hydrogens (tertiary/aromatic N) is 1. The largest absolute Gasteiger partial charge is 0.352 e. The highest BCUT2D eigenvalue weighted by atomic mass is 16.2. The van der Waals surface area contributed by atoms with Gasteiger partial charge in [0.05, 0.1) is 6.04 Å². The van der Waals surface area contributed by atoms with E-state index in [-0.39, 0.29) is 11.9 Å². The molecule has 1 N–H and O–H groups in total. The van der Waals surface area contributed by atoms with E-state index in [4.69, 9.17) is 0 Å². The predicted molar refractivity (Wildman–Crippen MR) is 95.1 cm³/mol. The molecule has 1 amide bonds. The summed E-state index contributed by atoms with van der Waals surface area (Å²) in [5, 5.41) is 3.26. The Bertz CT molecular complexity index is 546. The fourth-order valence-corrected chi connectivity index (χ4v) is 3.69. The van der Waals surface area contributed by atoms with Crippen LogP contribution in [0.3, 0.4) is 0 Å². The van der Waals surface area contributed by atoms with Crippen molar-refractivity contribution in [1.29, 1.82) is 0 Å². The van der Waals surface area contributed by atoms with Gasteiger partial charge in [-0.15, -0.1) is 0 Å². The summed E-state index contributed by atoms with van der Waals surface area (Å²) in [7, 11) is 0. The Morgan fingerprint density at radius 1 is 1.17 bits per heavy atom. The van der Waals surface area contributed by atoms with Crippen molar-refractivity contribution in [2.75, 3.05) is 13.1 Å². The Balaban J connectivity index is 1.54. The highest BCUT2D eigenvalue weighted by molar-refractivity contribution is 5.81. The first-order valence-electron chi connectivity index (χ1n) is 9.03. The summed E-state index contributed by atoms with van der Waals surface area (Å²) in [6.45, 7) is 3.86. The third-order valence-electron chi connectivity index (χ3n) is 5.26. The van der Waals surface area contributed by atoms with Crippen LogP contribution in [-0.4, -0.2) is 36.0 Å². The molecule has 1 heterocycles. The molecule has 0 aromatic heterocycles. The number of nitrogens with one attached hydrogen (secondary N) is 1. The first-order valence-corrected chi connectivity index (χ1v) is 9.03. The van der Waals surface area contributed by atoms with Crippen molar-refractivity contribution in [2.24, 2.45) is 0 Å². The Hall–Kier alpha value is -1.61. The molecule has 2 aliphatic rings. The Morgan fingerprint density at radius 3 is 2.57 bits per heavy atom. The number of amides is 1. The number of carbonyl (C=O) groups excluding carboxylic acids is 1. The second-order valence-corrected chi connectivity index (χ2v) is 6.86. The molecular weight excluding hydrogens is 284 g/mol. The number of rotatable bonds is 4. The summed E-state index contributed by atoms with van der Waals surface area (Å²) in [4.78, 5) is 14.8. The van der Waals surface area contributed by atoms with E-state index in [0.29, 0.717) is 6.04 Å². The zero-order chi connectivity index (χ0) is 16.1. The zero-order valence-electron chi connectivity index (χ0n) is 14.1. The zero-order valence-corrected chi connectivity index (χ0v) is 14.1. The Kier molecular flexibility index (Phi) is 5.50. The highest BCUT2D eigenvalue weighted by Crippen LogP contribution is 2.23. The monoisotopic (exact) mass is 312 g/mol. The lowest BCUT2D eigenvalue weighted by Crippen LogP contribution is -2.49. The molecule has 1 aliphatic carbocycles. The van der Waals surface area contributed by atoms with E-state index < -0.39 is 0 Å². The lowest BCUT2D eigenvalue weighted by molar-refractivity contribution is -0.126. The summed E-state index contributed by atoms with van der Waals surface area (Å²) >= 11 is 0. The first-order chi connectivity index (χ1) is 11.2. The van der Waals surface area contributed by atoms with Gasteiger partial charge in [-0.3, -0.25) is 9.69 Å². The summed E-state index contributed by atoms with van der Waals surface area (Å²) in [6, 6.07) is 10.9. The molecule has 3 rings (SSSR count). The quantitative estimate of drug-likeness (QED) is 0.921. The van der Waals surface area contributed by atoms with Crippen LogP contribution in [0.4, 0.5) is 0 Å². The topological polar surface area (TPSA) is 32.3 Å². The molecule has 1 saturated carbocycles. The van der Waals surface area contributed by atoms with Crippen molar-refractivity contribution in [3.05, 3.63) is 42.0 Å². The molecule has 0 spiro atoms. The van der Waals surface area contributed by atoms with Gasteiger partial charge in [0.25, 0.3) is 0 Å². The van der Waals surface area contributed by atoms with Crippen LogP contribution >= 0.6 is 0 Å². The molecule has 0 saturated heterocycles. The Labute approximate surface area is 139 Å². The van der Waals surface area contributed by atoms with E-state index >= 15 is 0 Å². The molecule has 1 unspecified atom stereocenters. The van der Waals surface area contributed by atoms with Crippen LogP contribution in [0.15, 0.2) is 36.4 Å². The van der Waals surface area contributed by atoms with Crippen molar-refractivity contribution in [3.63, 3.8) is 0 Å². The standard InChI is InChI=1S/C20H28N2O/c1-16(20(23)21-19-10-6-3-7-11-19)22-14-12-18(13-15-22)17-8-4-2-5-9-17/h2,4-5,8-9,12,16,19H,3,6-7,10-11,13-15H2,1H3,(H,21,23). The van der Waals surface area contributed by atoms with Crippen LogP contribution in [0.25, 0.3) is 5.57 Å². The van der Waals surface area contributed by atoms with Gasteiger partial charge in [-0.2, -0.15) is 0 Å². The molecule has 3 nitrogen and oxygen atoms in total. The maximum Gasteiger partial charge on any atom is 0.237 e. The molecule has 1 aromatic rings. The van der Waals surface area contributed by atoms with E-state index in [9.17, 15) is 4.79 Å². The minimum Gasteiger partial charge on any atom is -0.352 e. The summed E-state index contributed by atoms with van der Waals surface area (Å²) in [5.74, 6) is 0.202. The minimum absolute atomic E-state index is 0.0366. The van der Waals surface area contributed by atoms with Crippen LogP contribution < -0.4 is 5.32 Å². The van der Waals surface area contributed by atoms with Gasteiger partial charge in [-0.1, -0.05) is 55.7 Å². The molecule has 0 bridgehead atoms. The molecule has 1 atom stereocenters. The molecule has 1 aromatic carbocycles. The number of carbonyl (C=O) groups is 1. The number of hydrogen-bond acceptors (Lipinski definition) is 2. The van der Waals surface area contributed by atoms with E-state index in [1.54, 1.807) is 0 Å². The van der Waals surface area contributed by atoms with Gasteiger partial charge < -0.3 is 5.32 Å². The molecule has 1 aliphatic heterocycles. The van der Waals surface area contributed by atoms with Crippen LogP contribution in [0.2, 0.25) is 0 Å². The number of benzene rings is 1. The molecule has 23 heavy (non-hydrogen) atoms. The SMILES string of the molecule is CC(C(=O)NC1CCCCC1)N1CC=C(c2ccccc2)CC1. The Morgan fingerprint density at radius 2 is 1.91 bits per heavy atom. The van der Waals surface area contributed by atoms with Gasteiger partial charge in [0.15, 0.2) is 0 Å². The van der Waals surface area contributed by atoms with Crippen molar-refractivity contribution < 1.29 is 4.79 Å². The highest BCUT2D eigenvalue weighted by Gasteiger charge is 2.25. The summed E-state index contributed by atoms with van der Waals surface area (Å²) in [6.07, 6.45) is 9.43. The lowest BCUT2D eigenvalue weighted by Gasteiger charge is -2.32. The third-order valence-corrected chi connectivity index (χ3v) is 5.26. The van der Waals surface area contributed by atoms with E-state index in [0.717, 1.165) is 32.4 Å². The average molecular weight is 312 g/mol. The molecular formula is C20H28N2O. The van der Waals surface area contributed by atoms with Crippen molar-refractivity contribution >= 4 is 11.5 Å². The average Bonchev–Trinajstić information content (AvgIpc) is 2.63. The molecule has 1 fully saturated rings. The second kappa shape index (κ2) is 7.78. The van der Waals surface area contributed by atoms with Crippen molar-refractivity contribution in [3.8, 4) is 0 Å². The minimum atomic E-state index is -0.0366. The normalized spacial score (nSPS) is 21.5. The van der Waals surface area contributed by atoms with Crippen LogP contribution in [0, 0.1) is 0 Å². The fourth-order valence-electron chi connectivity index (χ4n) is 3.69. The van der Waals surface area contributed by atoms with Crippen molar-refractivity contribution in [1.82, 2.24) is 10.2 Å². The third kappa shape index (κ3) is 4.23. The van der Waals surface area contributed by atoms with E-state index in [2.05, 4.69) is 46.6 Å². The van der Waals surface area contributed by atoms with Crippen molar-refractivity contribution in [2.45, 2.75) is 57.5 Å². The maximum atomic E-state index is 12.5. The molecule has 124 valence electrons. The lowest BCUT2D eigenvalue weighted by atomic mass is 9.95.